The third kappa shape index (κ3) is 3.95. The molecule has 0 fully saturated rings. The van der Waals surface area contributed by atoms with Gasteiger partial charge in [0.1, 0.15) is 18.2 Å². The van der Waals surface area contributed by atoms with Crippen molar-refractivity contribution in [2.24, 2.45) is 0 Å². The van der Waals surface area contributed by atoms with Crippen molar-refractivity contribution in [2.45, 2.75) is 0 Å². The van der Waals surface area contributed by atoms with Gasteiger partial charge in [0.2, 0.25) is 0 Å². The summed E-state index contributed by atoms with van der Waals surface area (Å²) >= 11 is 0. The molecule has 2 rings (SSSR count). The Bertz CT molecular complexity index is 529. The minimum Gasteiger partial charge on any atom is -0.492 e. The quantitative estimate of drug-likeness (QED) is 0.767. The van der Waals surface area contributed by atoms with Crippen molar-refractivity contribution in [3.8, 4) is 5.75 Å². The van der Waals surface area contributed by atoms with Crippen LogP contribution in [0, 0.1) is 0 Å². The van der Waals surface area contributed by atoms with Crippen LogP contribution in [-0.4, -0.2) is 34.2 Å². The Morgan fingerprint density at radius 3 is 2.63 bits per heavy atom. The number of carbonyl (C=O) groups is 1. The van der Waals surface area contributed by atoms with Gasteiger partial charge in [-0.3, -0.25) is 0 Å². The number of hydrogen-bond acceptors (Lipinski definition) is 5. The minimum atomic E-state index is -1.09. The Labute approximate surface area is 110 Å². The van der Waals surface area contributed by atoms with E-state index in [4.69, 9.17) is 9.84 Å². The van der Waals surface area contributed by atoms with E-state index in [0.717, 1.165) is 5.75 Å². The maximum Gasteiger partial charge on any atom is 0.356 e. The normalized spacial score (nSPS) is 9.89. The van der Waals surface area contributed by atoms with E-state index in [1.807, 2.05) is 30.3 Å². The number of carboxylic acids is 1. The summed E-state index contributed by atoms with van der Waals surface area (Å²) in [6.45, 7) is 1.03. The molecule has 0 aliphatic carbocycles. The van der Waals surface area contributed by atoms with E-state index in [9.17, 15) is 4.79 Å². The molecule has 2 N–H and O–H groups in total. The summed E-state index contributed by atoms with van der Waals surface area (Å²) in [6, 6.07) is 9.48. The van der Waals surface area contributed by atoms with Gasteiger partial charge in [-0.05, 0) is 12.1 Å². The van der Waals surface area contributed by atoms with Gasteiger partial charge in [0.25, 0.3) is 0 Å². The van der Waals surface area contributed by atoms with Crippen LogP contribution in [0.3, 0.4) is 0 Å². The average molecular weight is 259 g/mol. The highest BCUT2D eigenvalue weighted by Gasteiger charge is 2.04. The van der Waals surface area contributed by atoms with Gasteiger partial charge in [-0.1, -0.05) is 18.2 Å². The van der Waals surface area contributed by atoms with Crippen molar-refractivity contribution < 1.29 is 14.6 Å². The highest BCUT2D eigenvalue weighted by molar-refractivity contribution is 5.84. The first-order chi connectivity index (χ1) is 9.25. The zero-order valence-corrected chi connectivity index (χ0v) is 10.1. The van der Waals surface area contributed by atoms with Gasteiger partial charge < -0.3 is 15.2 Å². The fourth-order valence-corrected chi connectivity index (χ4v) is 1.39. The minimum absolute atomic E-state index is 0.0777. The van der Waals surface area contributed by atoms with Crippen LogP contribution in [0.2, 0.25) is 0 Å². The van der Waals surface area contributed by atoms with Crippen LogP contribution in [0.5, 0.6) is 5.75 Å². The molecule has 0 saturated heterocycles. The number of aromatic nitrogens is 2. The van der Waals surface area contributed by atoms with Crippen LogP contribution >= 0.6 is 0 Å². The summed E-state index contributed by atoms with van der Waals surface area (Å²) < 4.78 is 5.48. The Morgan fingerprint density at radius 2 is 2.00 bits per heavy atom. The molecule has 0 radical (unpaired) electrons. The molecule has 0 saturated carbocycles. The van der Waals surface area contributed by atoms with E-state index >= 15 is 0 Å². The second kappa shape index (κ2) is 6.34. The lowest BCUT2D eigenvalue weighted by Gasteiger charge is -2.07. The topological polar surface area (TPSA) is 84.3 Å². The molecule has 0 amide bonds. The standard InChI is InChI=1S/C13H13N3O3/c17-13(18)11-8-16-12(9-15-11)14-6-7-19-10-4-2-1-3-5-10/h1-5,8-9H,6-7H2,(H,14,16)(H,17,18). The molecule has 0 spiro atoms. The van der Waals surface area contributed by atoms with Gasteiger partial charge in [-0.15, -0.1) is 0 Å². The number of aromatic carboxylic acids is 1. The number of benzene rings is 1. The molecule has 2 aromatic rings. The average Bonchev–Trinajstić information content (AvgIpc) is 2.45. The predicted molar refractivity (Wildman–Crippen MR) is 69.4 cm³/mol. The maximum absolute atomic E-state index is 10.6. The molecule has 6 nitrogen and oxygen atoms in total. The van der Waals surface area contributed by atoms with Crippen molar-refractivity contribution in [1.82, 2.24) is 9.97 Å². The third-order valence-corrected chi connectivity index (χ3v) is 2.29. The smallest absolute Gasteiger partial charge is 0.356 e. The van der Waals surface area contributed by atoms with Crippen LogP contribution in [-0.2, 0) is 0 Å². The number of rotatable bonds is 6. The van der Waals surface area contributed by atoms with E-state index in [0.29, 0.717) is 19.0 Å². The van der Waals surface area contributed by atoms with Gasteiger partial charge in [0, 0.05) is 0 Å². The van der Waals surface area contributed by atoms with Crippen LogP contribution in [0.15, 0.2) is 42.7 Å². The Morgan fingerprint density at radius 1 is 1.21 bits per heavy atom. The molecule has 6 heteroatoms. The van der Waals surface area contributed by atoms with Crippen molar-refractivity contribution in [2.75, 3.05) is 18.5 Å². The molecule has 0 unspecified atom stereocenters. The van der Waals surface area contributed by atoms with Crippen molar-refractivity contribution in [1.29, 1.82) is 0 Å². The van der Waals surface area contributed by atoms with E-state index in [-0.39, 0.29) is 5.69 Å². The van der Waals surface area contributed by atoms with Gasteiger partial charge in [-0.2, -0.15) is 0 Å². The fourth-order valence-electron chi connectivity index (χ4n) is 1.39. The molecule has 98 valence electrons. The highest BCUT2D eigenvalue weighted by atomic mass is 16.5. The molecular formula is C13H13N3O3. The zero-order chi connectivity index (χ0) is 13.5. The first-order valence-corrected chi connectivity index (χ1v) is 5.73. The SMILES string of the molecule is O=C(O)c1cnc(NCCOc2ccccc2)cn1. The number of ether oxygens (including phenoxy) is 1. The number of para-hydroxylation sites is 1. The Kier molecular flexibility index (Phi) is 4.28. The Balaban J connectivity index is 1.75. The molecular weight excluding hydrogens is 246 g/mol. The summed E-state index contributed by atoms with van der Waals surface area (Å²) in [4.78, 5) is 18.3. The molecule has 0 aliphatic heterocycles. The molecule has 0 bridgehead atoms. The van der Waals surface area contributed by atoms with Crippen molar-refractivity contribution >= 4 is 11.8 Å². The molecule has 19 heavy (non-hydrogen) atoms. The molecule has 1 aromatic heterocycles. The number of hydrogen-bond donors (Lipinski definition) is 2. The van der Waals surface area contributed by atoms with Gasteiger partial charge in [0.15, 0.2) is 5.69 Å². The summed E-state index contributed by atoms with van der Waals surface area (Å²) in [5, 5.41) is 11.7. The predicted octanol–water partition coefficient (Wildman–Crippen LogP) is 1.67. The summed E-state index contributed by atoms with van der Waals surface area (Å²) in [5.74, 6) is 0.227. The molecule has 0 aliphatic rings. The van der Waals surface area contributed by atoms with Crippen molar-refractivity contribution in [3.63, 3.8) is 0 Å². The summed E-state index contributed by atoms with van der Waals surface area (Å²) in [6.07, 6.45) is 2.59. The zero-order valence-electron chi connectivity index (χ0n) is 10.1. The second-order valence-corrected chi connectivity index (χ2v) is 3.68. The van der Waals surface area contributed by atoms with Gasteiger partial charge in [-0.25, -0.2) is 14.8 Å². The second-order valence-electron chi connectivity index (χ2n) is 3.68. The van der Waals surface area contributed by atoms with E-state index < -0.39 is 5.97 Å². The van der Waals surface area contributed by atoms with Crippen molar-refractivity contribution in [3.05, 3.63) is 48.4 Å². The van der Waals surface area contributed by atoms with Crippen LogP contribution in [0.4, 0.5) is 5.82 Å². The molecule has 1 aromatic carbocycles. The van der Waals surface area contributed by atoms with Crippen LogP contribution in [0.1, 0.15) is 10.5 Å². The van der Waals surface area contributed by atoms with Crippen LogP contribution in [0.25, 0.3) is 0 Å². The third-order valence-electron chi connectivity index (χ3n) is 2.29. The lowest BCUT2D eigenvalue weighted by molar-refractivity contribution is 0.0690. The summed E-state index contributed by atoms with van der Waals surface area (Å²) in [5.41, 5.74) is -0.0777. The number of carboxylic acid groups (broad SMARTS) is 1. The maximum atomic E-state index is 10.6. The largest absolute Gasteiger partial charge is 0.492 e. The van der Waals surface area contributed by atoms with E-state index in [1.54, 1.807) is 0 Å². The first-order valence-electron chi connectivity index (χ1n) is 5.73. The molecule has 1 heterocycles. The number of nitrogens with one attached hydrogen (secondary N) is 1. The van der Waals surface area contributed by atoms with Gasteiger partial charge >= 0.3 is 5.97 Å². The Hall–Kier alpha value is -2.63. The lowest BCUT2D eigenvalue weighted by Crippen LogP contribution is -2.13. The lowest BCUT2D eigenvalue weighted by atomic mass is 10.3. The number of nitrogens with zero attached hydrogens (tertiary/aromatic N) is 2. The van der Waals surface area contributed by atoms with E-state index in [2.05, 4.69) is 15.3 Å². The first kappa shape index (κ1) is 12.8. The fraction of sp³-hybridized carbons (Fsp3) is 0.154. The molecule has 0 atom stereocenters. The van der Waals surface area contributed by atoms with Gasteiger partial charge in [0.05, 0.1) is 18.9 Å². The monoisotopic (exact) mass is 259 g/mol. The van der Waals surface area contributed by atoms with E-state index in [1.165, 1.54) is 12.4 Å². The number of anilines is 1. The highest BCUT2D eigenvalue weighted by Crippen LogP contribution is 2.07. The van der Waals surface area contributed by atoms with Crippen LogP contribution < -0.4 is 10.1 Å². The summed E-state index contributed by atoms with van der Waals surface area (Å²) in [7, 11) is 0.